The summed E-state index contributed by atoms with van der Waals surface area (Å²) in [5.41, 5.74) is 2.26. The molecule has 1 atom stereocenters. The Morgan fingerprint density at radius 2 is 1.74 bits per heavy atom. The maximum Gasteiger partial charge on any atom is 0.410 e. The summed E-state index contributed by atoms with van der Waals surface area (Å²) in [6.45, 7) is 15.3. The molecule has 0 bridgehead atoms. The molecule has 1 saturated heterocycles. The van der Waals surface area contributed by atoms with E-state index in [1.54, 1.807) is 28.9 Å². The van der Waals surface area contributed by atoms with Crippen molar-refractivity contribution in [1.29, 1.82) is 0 Å². The van der Waals surface area contributed by atoms with Gasteiger partial charge >= 0.3 is 6.09 Å². The van der Waals surface area contributed by atoms with Crippen molar-refractivity contribution in [2.45, 2.75) is 66.6 Å². The molecule has 1 unspecified atom stereocenters. The number of aromatic nitrogens is 3. The normalized spacial score (nSPS) is 15.0. The quantitative estimate of drug-likeness (QED) is 0.366. The van der Waals surface area contributed by atoms with E-state index >= 15 is 4.39 Å². The number of piperazine rings is 1. The van der Waals surface area contributed by atoms with Crippen LogP contribution in [-0.2, 0) is 18.2 Å². The van der Waals surface area contributed by atoms with Gasteiger partial charge in [0.25, 0.3) is 0 Å². The van der Waals surface area contributed by atoms with Crippen molar-refractivity contribution in [3.8, 4) is 16.9 Å². The number of halogens is 2. The Morgan fingerprint density at radius 1 is 1.07 bits per heavy atom. The lowest BCUT2D eigenvalue weighted by molar-refractivity contribution is 0.0240. The molecule has 0 saturated carbocycles. The van der Waals surface area contributed by atoms with Gasteiger partial charge in [-0.2, -0.15) is 9.49 Å². The van der Waals surface area contributed by atoms with Crippen LogP contribution in [0.3, 0.4) is 0 Å². The lowest BCUT2D eigenvalue weighted by Gasteiger charge is -2.36. The number of amides is 1. The van der Waals surface area contributed by atoms with E-state index in [1.165, 1.54) is 6.07 Å². The first-order chi connectivity index (χ1) is 20.1. The second kappa shape index (κ2) is 12.5. The number of carbonyl (C=O) groups is 1. The number of hydrogen-bond donors (Lipinski definition) is 1. The van der Waals surface area contributed by atoms with Gasteiger partial charge in [0.05, 0.1) is 12.3 Å². The van der Waals surface area contributed by atoms with E-state index in [0.717, 1.165) is 17.3 Å². The molecule has 234 valence electrons. The van der Waals surface area contributed by atoms with Gasteiger partial charge in [0.2, 0.25) is 5.82 Å². The standard InChI is InChI=1S/C32H43F2N5O4/c1-20-22(27(36-37(20)8)29(40)31(2,3)4)12-18-42-28-23(9-10-24(33)26(28)34)21-11-13-35-25(19-21)38-14-16-39(17-15-38)30(41)43-32(5,6)7/h9-11,13,19,29,40H,12,14-18H2,1-8H3. The number of anilines is 1. The lowest BCUT2D eigenvalue weighted by atomic mass is 9.85. The fourth-order valence-electron chi connectivity index (χ4n) is 4.98. The molecule has 0 spiro atoms. The summed E-state index contributed by atoms with van der Waals surface area (Å²) >= 11 is 0. The highest BCUT2D eigenvalue weighted by Crippen LogP contribution is 2.37. The Hall–Kier alpha value is -3.73. The highest BCUT2D eigenvalue weighted by Gasteiger charge is 2.30. The minimum atomic E-state index is -1.07. The summed E-state index contributed by atoms with van der Waals surface area (Å²) in [5, 5.41) is 15.4. The fraction of sp³-hybridized carbons (Fsp3) is 0.531. The molecule has 1 fully saturated rings. The summed E-state index contributed by atoms with van der Waals surface area (Å²) in [7, 11) is 1.81. The molecule has 3 aromatic rings. The third-order valence-corrected chi connectivity index (χ3v) is 7.53. The molecular weight excluding hydrogens is 556 g/mol. The molecule has 2 aromatic heterocycles. The number of carbonyl (C=O) groups excluding carboxylic acids is 1. The van der Waals surface area contributed by atoms with Crippen molar-refractivity contribution >= 4 is 11.9 Å². The molecule has 3 heterocycles. The second-order valence-electron chi connectivity index (χ2n) is 13.0. The number of nitrogens with zero attached hydrogens (tertiary/aromatic N) is 5. The van der Waals surface area contributed by atoms with Gasteiger partial charge in [0, 0.05) is 62.7 Å². The van der Waals surface area contributed by atoms with Gasteiger partial charge in [-0.3, -0.25) is 4.68 Å². The lowest BCUT2D eigenvalue weighted by Crippen LogP contribution is -2.50. The molecular formula is C32H43F2N5O4. The van der Waals surface area contributed by atoms with Crippen LogP contribution in [0.1, 0.15) is 64.6 Å². The molecule has 1 aromatic carbocycles. The molecule has 1 aliphatic heterocycles. The Bertz CT molecular complexity index is 1450. The van der Waals surface area contributed by atoms with E-state index in [2.05, 4.69) is 10.1 Å². The van der Waals surface area contributed by atoms with E-state index in [0.29, 0.717) is 55.2 Å². The van der Waals surface area contributed by atoms with Crippen molar-refractivity contribution in [3.05, 3.63) is 59.0 Å². The maximum absolute atomic E-state index is 15.2. The summed E-state index contributed by atoms with van der Waals surface area (Å²) in [6, 6.07) is 6.12. The first kappa shape index (κ1) is 32.2. The molecule has 1 N–H and O–H groups in total. The van der Waals surface area contributed by atoms with Crippen LogP contribution < -0.4 is 9.64 Å². The topological polar surface area (TPSA) is 93.0 Å². The van der Waals surface area contributed by atoms with Gasteiger partial charge in [-0.15, -0.1) is 0 Å². The average molecular weight is 600 g/mol. The molecule has 9 nitrogen and oxygen atoms in total. The molecule has 11 heteroatoms. The van der Waals surface area contributed by atoms with Crippen LogP contribution in [-0.4, -0.2) is 69.3 Å². The van der Waals surface area contributed by atoms with Crippen molar-refractivity contribution in [3.63, 3.8) is 0 Å². The van der Waals surface area contributed by atoms with Gasteiger partial charge in [0.1, 0.15) is 17.5 Å². The molecule has 0 radical (unpaired) electrons. The van der Waals surface area contributed by atoms with Gasteiger partial charge in [0.15, 0.2) is 11.6 Å². The maximum atomic E-state index is 15.2. The van der Waals surface area contributed by atoms with Crippen LogP contribution in [0.2, 0.25) is 0 Å². The first-order valence-corrected chi connectivity index (χ1v) is 14.6. The SMILES string of the molecule is Cc1c(CCOc2c(-c3ccnc(N4CCN(C(=O)OC(C)(C)C)CC4)c3)ccc(F)c2F)c(C(O)C(C)(C)C)nn1C. The van der Waals surface area contributed by atoms with Crippen molar-refractivity contribution in [1.82, 2.24) is 19.7 Å². The van der Waals surface area contributed by atoms with Gasteiger partial charge in [-0.05, 0) is 62.9 Å². The predicted molar refractivity (Wildman–Crippen MR) is 161 cm³/mol. The Kier molecular flexibility index (Phi) is 9.34. The van der Waals surface area contributed by atoms with Crippen LogP contribution >= 0.6 is 0 Å². The third-order valence-electron chi connectivity index (χ3n) is 7.53. The highest BCUT2D eigenvalue weighted by atomic mass is 19.2. The molecule has 1 aliphatic rings. The number of benzene rings is 1. The Morgan fingerprint density at radius 3 is 2.37 bits per heavy atom. The van der Waals surface area contributed by atoms with Crippen LogP contribution in [0, 0.1) is 24.0 Å². The number of hydrogen-bond acceptors (Lipinski definition) is 7. The number of rotatable bonds is 7. The van der Waals surface area contributed by atoms with Gasteiger partial charge < -0.3 is 24.4 Å². The summed E-state index contributed by atoms with van der Waals surface area (Å²) in [6.07, 6.45) is 0.819. The van der Waals surface area contributed by atoms with E-state index < -0.39 is 28.8 Å². The van der Waals surface area contributed by atoms with E-state index in [-0.39, 0.29) is 18.4 Å². The number of ether oxygens (including phenoxy) is 2. The zero-order valence-electron chi connectivity index (χ0n) is 26.4. The van der Waals surface area contributed by atoms with Gasteiger partial charge in [-0.1, -0.05) is 20.8 Å². The minimum Gasteiger partial charge on any atom is -0.489 e. The smallest absolute Gasteiger partial charge is 0.410 e. The zero-order valence-corrected chi connectivity index (χ0v) is 26.4. The molecule has 43 heavy (non-hydrogen) atoms. The van der Waals surface area contributed by atoms with Crippen LogP contribution in [0.4, 0.5) is 19.4 Å². The number of aliphatic hydroxyl groups excluding tert-OH is 1. The largest absolute Gasteiger partial charge is 0.489 e. The van der Waals surface area contributed by atoms with Crippen LogP contribution in [0.5, 0.6) is 5.75 Å². The number of aliphatic hydroxyl groups is 1. The number of aryl methyl sites for hydroxylation is 1. The van der Waals surface area contributed by atoms with E-state index in [4.69, 9.17) is 9.47 Å². The third kappa shape index (κ3) is 7.44. The van der Waals surface area contributed by atoms with Crippen LogP contribution in [0.25, 0.3) is 11.1 Å². The monoisotopic (exact) mass is 599 g/mol. The molecule has 0 aliphatic carbocycles. The Balaban J connectivity index is 1.52. The Labute approximate surface area is 252 Å². The minimum absolute atomic E-state index is 0.0499. The zero-order chi connectivity index (χ0) is 31.7. The fourth-order valence-corrected chi connectivity index (χ4v) is 4.98. The van der Waals surface area contributed by atoms with Crippen molar-refractivity contribution < 1.29 is 28.2 Å². The van der Waals surface area contributed by atoms with E-state index in [1.807, 2.05) is 59.4 Å². The average Bonchev–Trinajstić information content (AvgIpc) is 3.22. The van der Waals surface area contributed by atoms with Crippen molar-refractivity contribution in [2.24, 2.45) is 12.5 Å². The van der Waals surface area contributed by atoms with Crippen LogP contribution in [0.15, 0.2) is 30.5 Å². The van der Waals surface area contributed by atoms with E-state index in [9.17, 15) is 14.3 Å². The molecule has 1 amide bonds. The predicted octanol–water partition coefficient (Wildman–Crippen LogP) is 5.83. The summed E-state index contributed by atoms with van der Waals surface area (Å²) < 4.78 is 42.7. The first-order valence-electron chi connectivity index (χ1n) is 14.6. The summed E-state index contributed by atoms with van der Waals surface area (Å²) in [5.74, 6) is -1.61. The second-order valence-corrected chi connectivity index (χ2v) is 13.0. The van der Waals surface area contributed by atoms with Gasteiger partial charge in [-0.25, -0.2) is 14.2 Å². The highest BCUT2D eigenvalue weighted by molar-refractivity contribution is 5.73. The van der Waals surface area contributed by atoms with Crippen molar-refractivity contribution in [2.75, 3.05) is 37.7 Å². The summed E-state index contributed by atoms with van der Waals surface area (Å²) in [4.78, 5) is 20.7. The number of pyridine rings is 1. The molecule has 4 rings (SSSR count).